The number of piperidine rings is 1. The highest BCUT2D eigenvalue weighted by atomic mass is 32.1. The Balaban J connectivity index is 1.36. The third-order valence-electron chi connectivity index (χ3n) is 7.79. The Morgan fingerprint density at radius 3 is 2.68 bits per heavy atom. The van der Waals surface area contributed by atoms with E-state index in [1.807, 2.05) is 36.7 Å². The van der Waals surface area contributed by atoms with Crippen molar-refractivity contribution in [3.05, 3.63) is 41.0 Å². The van der Waals surface area contributed by atoms with Crippen molar-refractivity contribution in [1.82, 2.24) is 20.1 Å². The number of benzene rings is 1. The van der Waals surface area contributed by atoms with Crippen LogP contribution in [0.1, 0.15) is 43.9 Å². The number of amidine groups is 1. The molecule has 37 heavy (non-hydrogen) atoms. The molecule has 3 amide bonds. The van der Waals surface area contributed by atoms with Crippen molar-refractivity contribution in [2.75, 3.05) is 13.1 Å². The number of likely N-dealkylation sites (tertiary alicyclic amines) is 2. The molecule has 4 heterocycles. The van der Waals surface area contributed by atoms with E-state index in [4.69, 9.17) is 0 Å². The van der Waals surface area contributed by atoms with Crippen molar-refractivity contribution < 1.29 is 19.5 Å². The number of amides is 3. The lowest BCUT2D eigenvalue weighted by Gasteiger charge is -2.38. The first-order valence-electron chi connectivity index (χ1n) is 12.9. The van der Waals surface area contributed by atoms with E-state index < -0.39 is 23.7 Å². The summed E-state index contributed by atoms with van der Waals surface area (Å²) in [6.07, 6.45) is 1.92. The van der Waals surface area contributed by atoms with Crippen LogP contribution in [0.4, 0.5) is 4.79 Å². The normalized spacial score (nSPS) is 27.7. The summed E-state index contributed by atoms with van der Waals surface area (Å²) in [7, 11) is 2.15. The minimum Gasteiger partial charge on any atom is -0.391 e. The number of hydrogen-bond donors (Lipinski definition) is 2. The first-order valence-corrected chi connectivity index (χ1v) is 13.8. The molecule has 2 aromatic rings. The van der Waals surface area contributed by atoms with Gasteiger partial charge in [0.05, 0.1) is 36.0 Å². The van der Waals surface area contributed by atoms with E-state index in [0.29, 0.717) is 32.4 Å². The molecular formula is C25H31B2N5O4S. The SMILES string of the molecule is BBC(=O)N1CCCCC1C(=O)N1CC(O)CC1C1=NC(=O)C(C)(c2ccc(-c3scnc3C)cc2)N1. The summed E-state index contributed by atoms with van der Waals surface area (Å²) >= 11 is 1.57. The van der Waals surface area contributed by atoms with Gasteiger partial charge in [-0.2, -0.15) is 4.99 Å². The van der Waals surface area contributed by atoms with Gasteiger partial charge >= 0.3 is 0 Å². The quantitative estimate of drug-likeness (QED) is 0.565. The third-order valence-corrected chi connectivity index (χ3v) is 8.76. The van der Waals surface area contributed by atoms with Crippen molar-refractivity contribution in [1.29, 1.82) is 0 Å². The Morgan fingerprint density at radius 2 is 2.00 bits per heavy atom. The van der Waals surface area contributed by atoms with E-state index in [2.05, 4.69) is 15.3 Å². The summed E-state index contributed by atoms with van der Waals surface area (Å²) in [5.74, 6) is -0.161. The van der Waals surface area contributed by atoms with Gasteiger partial charge in [0.2, 0.25) is 5.91 Å². The van der Waals surface area contributed by atoms with E-state index in [9.17, 15) is 19.5 Å². The average Bonchev–Trinajstić information content (AvgIpc) is 3.60. The van der Waals surface area contributed by atoms with Gasteiger partial charge in [-0.25, -0.2) is 4.98 Å². The fourth-order valence-corrected chi connectivity index (χ4v) is 6.46. The smallest absolute Gasteiger partial charge is 0.277 e. The van der Waals surface area contributed by atoms with Gasteiger partial charge in [0.15, 0.2) is 13.0 Å². The van der Waals surface area contributed by atoms with Crippen LogP contribution in [-0.4, -0.2) is 89.5 Å². The second-order valence-electron chi connectivity index (χ2n) is 10.2. The van der Waals surface area contributed by atoms with Crippen molar-refractivity contribution in [3.63, 3.8) is 0 Å². The summed E-state index contributed by atoms with van der Waals surface area (Å²) in [6, 6.07) is 6.70. The largest absolute Gasteiger partial charge is 0.391 e. The molecule has 1 aromatic carbocycles. The first-order chi connectivity index (χ1) is 17.7. The van der Waals surface area contributed by atoms with Crippen molar-refractivity contribution in [3.8, 4) is 10.4 Å². The van der Waals surface area contributed by atoms with Gasteiger partial charge in [0.1, 0.15) is 17.4 Å². The van der Waals surface area contributed by atoms with Crippen LogP contribution in [0.15, 0.2) is 34.8 Å². The molecule has 0 saturated carbocycles. The zero-order chi connectivity index (χ0) is 26.3. The van der Waals surface area contributed by atoms with Crippen LogP contribution in [-0.2, 0) is 15.1 Å². The van der Waals surface area contributed by atoms with Crippen LogP contribution in [0.3, 0.4) is 0 Å². The molecule has 0 radical (unpaired) electrons. The van der Waals surface area contributed by atoms with Crippen molar-refractivity contribution >= 4 is 49.7 Å². The second kappa shape index (κ2) is 10.1. The molecule has 4 atom stereocenters. The molecule has 1 aromatic heterocycles. The number of hydrogen-bond acceptors (Lipinski definition) is 7. The molecule has 2 saturated heterocycles. The fourth-order valence-electron chi connectivity index (χ4n) is 5.64. The molecule has 5 rings (SSSR count). The third kappa shape index (κ3) is 4.61. The standard InChI is InChI=1S/C25H31B2N5O4S/c1-14-20(37-13-28-14)15-6-8-16(9-7-15)25(2)23(35)29-21(30-25)19-11-17(33)12-32(19)22(34)18-5-3-4-10-31(18)24(36)27-26/h6-9,13,17-19,27,33H,3-5,10-12,26H2,1-2H3,(H,29,30,35). The van der Waals surface area contributed by atoms with Crippen molar-refractivity contribution in [2.45, 2.75) is 63.3 Å². The zero-order valence-corrected chi connectivity index (χ0v) is 22.3. The number of rotatable bonds is 5. The number of carbonyl (C=O) groups is 3. The van der Waals surface area contributed by atoms with Crippen LogP contribution >= 0.6 is 11.3 Å². The number of aryl methyl sites for hydroxylation is 1. The number of carbonyl (C=O) groups excluding carboxylic acids is 3. The monoisotopic (exact) mass is 519 g/mol. The van der Waals surface area contributed by atoms with Gasteiger partial charge in [-0.05, 0) is 44.2 Å². The predicted octanol–water partition coefficient (Wildman–Crippen LogP) is 0.783. The van der Waals surface area contributed by atoms with Gasteiger partial charge in [-0.3, -0.25) is 14.4 Å². The maximum absolute atomic E-state index is 13.7. The van der Waals surface area contributed by atoms with Gasteiger partial charge in [0, 0.05) is 19.5 Å². The van der Waals surface area contributed by atoms with E-state index in [1.54, 1.807) is 35.8 Å². The topological polar surface area (TPSA) is 115 Å². The molecule has 0 spiro atoms. The molecule has 12 heteroatoms. The number of nitrogens with one attached hydrogen (secondary N) is 1. The molecule has 3 aliphatic rings. The van der Waals surface area contributed by atoms with E-state index >= 15 is 0 Å². The van der Waals surface area contributed by atoms with Gasteiger partial charge in [-0.1, -0.05) is 24.3 Å². The highest BCUT2D eigenvalue weighted by molar-refractivity contribution is 7.13. The number of aliphatic imine (C=N–C) groups is 1. The number of aromatic nitrogens is 1. The summed E-state index contributed by atoms with van der Waals surface area (Å²) in [5, 5.41) is 13.8. The molecule has 4 unspecified atom stereocenters. The van der Waals surface area contributed by atoms with Gasteiger partial charge in [0.25, 0.3) is 5.91 Å². The molecule has 2 fully saturated rings. The Kier molecular flexibility index (Phi) is 6.97. The maximum atomic E-state index is 13.7. The Labute approximate surface area is 222 Å². The van der Waals surface area contributed by atoms with Crippen LogP contribution in [0.25, 0.3) is 10.4 Å². The molecule has 0 aliphatic carbocycles. The van der Waals surface area contributed by atoms with Crippen LogP contribution in [0.2, 0.25) is 0 Å². The number of nitrogens with zero attached hydrogens (tertiary/aromatic N) is 4. The minimum absolute atomic E-state index is 0.0367. The molecule has 9 nitrogen and oxygen atoms in total. The lowest BCUT2D eigenvalue weighted by Crippen LogP contribution is -2.57. The zero-order valence-electron chi connectivity index (χ0n) is 21.4. The molecular weight excluding hydrogens is 488 g/mol. The van der Waals surface area contributed by atoms with E-state index in [0.717, 1.165) is 34.5 Å². The highest BCUT2D eigenvalue weighted by Gasteiger charge is 2.48. The lowest BCUT2D eigenvalue weighted by molar-refractivity contribution is -0.137. The molecule has 3 aliphatic heterocycles. The van der Waals surface area contributed by atoms with Crippen LogP contribution in [0, 0.1) is 6.92 Å². The first kappa shape index (κ1) is 25.7. The average molecular weight is 519 g/mol. The fraction of sp³-hybridized carbons (Fsp3) is 0.480. The van der Waals surface area contributed by atoms with Gasteiger partial charge < -0.3 is 20.2 Å². The Bertz CT molecular complexity index is 1250. The number of aliphatic hydroxyl groups excluding tert-OH is 1. The maximum Gasteiger partial charge on any atom is 0.277 e. The minimum atomic E-state index is -1.08. The van der Waals surface area contributed by atoms with Crippen LogP contribution < -0.4 is 5.32 Å². The summed E-state index contributed by atoms with van der Waals surface area (Å²) in [4.78, 5) is 52.4. The Morgan fingerprint density at radius 1 is 1.24 bits per heavy atom. The van der Waals surface area contributed by atoms with Crippen LogP contribution in [0.5, 0.6) is 0 Å². The van der Waals surface area contributed by atoms with E-state index in [-0.39, 0.29) is 24.2 Å². The van der Waals surface area contributed by atoms with Crippen molar-refractivity contribution in [2.24, 2.45) is 4.99 Å². The number of aliphatic hydroxyl groups is 1. The highest BCUT2D eigenvalue weighted by Crippen LogP contribution is 2.34. The van der Waals surface area contributed by atoms with E-state index in [1.165, 1.54) is 0 Å². The Hall–Kier alpha value is -2.98. The second-order valence-corrected chi connectivity index (χ2v) is 11.1. The number of β-amino-alcohol motifs (C(OH)–C–C–N with tert-alkyl or cyclic N) is 1. The van der Waals surface area contributed by atoms with Gasteiger partial charge in [-0.15, -0.1) is 11.3 Å². The summed E-state index contributed by atoms with van der Waals surface area (Å²) in [6.45, 7) is 4.48. The summed E-state index contributed by atoms with van der Waals surface area (Å²) in [5.41, 5.74) is 3.51. The molecule has 2 N–H and O–H groups in total. The molecule has 0 bridgehead atoms. The summed E-state index contributed by atoms with van der Waals surface area (Å²) < 4.78 is 0. The molecule has 192 valence electrons. The number of thiazole rings is 1. The lowest BCUT2D eigenvalue weighted by atomic mass is 9.54. The predicted molar refractivity (Wildman–Crippen MR) is 147 cm³/mol.